The van der Waals surface area contributed by atoms with Gasteiger partial charge in [-0.1, -0.05) is 18.2 Å². The number of carbonyl (C=O) groups excluding carboxylic acids is 1. The molecule has 2 aliphatic rings. The number of fused-ring (bicyclic) bond motifs is 1. The minimum absolute atomic E-state index is 0.0368. The summed E-state index contributed by atoms with van der Waals surface area (Å²) in [6.45, 7) is 5.93. The first-order valence-corrected chi connectivity index (χ1v) is 7.88. The van der Waals surface area contributed by atoms with Crippen molar-refractivity contribution in [1.29, 1.82) is 0 Å². The van der Waals surface area contributed by atoms with Gasteiger partial charge >= 0.3 is 5.97 Å². The smallest absolute Gasteiger partial charge is 0.310 e. The van der Waals surface area contributed by atoms with Gasteiger partial charge in [-0.25, -0.2) is 0 Å². The van der Waals surface area contributed by atoms with E-state index in [2.05, 4.69) is 17.0 Å². The van der Waals surface area contributed by atoms with Crippen LogP contribution < -0.4 is 4.74 Å². The third kappa shape index (κ3) is 3.21. The monoisotopic (exact) mass is 289 g/mol. The standard InChI is InChI=1S/C17H23NO3/c1-2-20-17(19)13-6-5-9-18(10-13)11-14-12-21-16-8-4-3-7-15(14)16/h3-4,7-8,13-14H,2,5-6,9-12H2,1H3/t13-,14?/m1/s1. The number of carbonyl (C=O) groups is 1. The molecule has 21 heavy (non-hydrogen) atoms. The molecular weight excluding hydrogens is 266 g/mol. The molecule has 1 saturated heterocycles. The van der Waals surface area contributed by atoms with Gasteiger partial charge < -0.3 is 14.4 Å². The van der Waals surface area contributed by atoms with Gasteiger partial charge in [-0.05, 0) is 32.4 Å². The van der Waals surface area contributed by atoms with Crippen LogP contribution in [0.25, 0.3) is 0 Å². The molecule has 0 spiro atoms. The highest BCUT2D eigenvalue weighted by molar-refractivity contribution is 5.72. The molecule has 0 N–H and O–H groups in total. The van der Waals surface area contributed by atoms with E-state index in [1.807, 2.05) is 19.1 Å². The number of ether oxygens (including phenoxy) is 2. The number of hydrogen-bond donors (Lipinski definition) is 0. The second-order valence-corrected chi connectivity index (χ2v) is 5.90. The molecule has 1 unspecified atom stereocenters. The predicted molar refractivity (Wildman–Crippen MR) is 80.5 cm³/mol. The SMILES string of the molecule is CCOC(=O)[C@@H]1CCCN(CC2COc3ccccc32)C1. The summed E-state index contributed by atoms with van der Waals surface area (Å²) in [6.07, 6.45) is 2.02. The molecular formula is C17H23NO3. The third-order valence-electron chi connectivity index (χ3n) is 4.40. The Morgan fingerprint density at radius 3 is 3.14 bits per heavy atom. The van der Waals surface area contributed by atoms with Crippen molar-refractivity contribution in [2.24, 2.45) is 5.92 Å². The zero-order valence-electron chi connectivity index (χ0n) is 12.6. The van der Waals surface area contributed by atoms with E-state index in [1.54, 1.807) is 0 Å². The predicted octanol–water partition coefficient (Wildman–Crippen LogP) is 2.44. The van der Waals surface area contributed by atoms with Gasteiger partial charge in [0.2, 0.25) is 0 Å². The largest absolute Gasteiger partial charge is 0.493 e. The molecule has 3 rings (SSSR count). The Morgan fingerprint density at radius 1 is 1.43 bits per heavy atom. The van der Waals surface area contributed by atoms with Gasteiger partial charge in [-0.2, -0.15) is 0 Å². The van der Waals surface area contributed by atoms with Crippen molar-refractivity contribution in [2.75, 3.05) is 32.8 Å². The minimum atomic E-state index is -0.0368. The summed E-state index contributed by atoms with van der Waals surface area (Å²) in [5.74, 6) is 1.44. The highest BCUT2D eigenvalue weighted by Crippen LogP contribution is 2.34. The molecule has 0 amide bonds. The van der Waals surface area contributed by atoms with E-state index in [9.17, 15) is 4.79 Å². The van der Waals surface area contributed by atoms with E-state index in [0.29, 0.717) is 12.5 Å². The van der Waals surface area contributed by atoms with Gasteiger partial charge in [0.25, 0.3) is 0 Å². The van der Waals surface area contributed by atoms with Gasteiger partial charge in [0.05, 0.1) is 19.1 Å². The molecule has 0 radical (unpaired) electrons. The molecule has 1 fully saturated rings. The number of benzene rings is 1. The van der Waals surface area contributed by atoms with Crippen LogP contribution in [0, 0.1) is 5.92 Å². The Kier molecular flexibility index (Phi) is 4.44. The Balaban J connectivity index is 1.60. The zero-order chi connectivity index (χ0) is 14.7. The molecule has 114 valence electrons. The fourth-order valence-corrected chi connectivity index (χ4v) is 3.37. The summed E-state index contributed by atoms with van der Waals surface area (Å²) in [6, 6.07) is 8.27. The van der Waals surface area contributed by atoms with Gasteiger partial charge in [0.15, 0.2) is 0 Å². The quantitative estimate of drug-likeness (QED) is 0.798. The summed E-state index contributed by atoms with van der Waals surface area (Å²) in [4.78, 5) is 14.3. The second kappa shape index (κ2) is 6.48. The molecule has 2 atom stereocenters. The fraction of sp³-hybridized carbons (Fsp3) is 0.588. The number of esters is 1. The van der Waals surface area contributed by atoms with Gasteiger partial charge in [-0.15, -0.1) is 0 Å². The van der Waals surface area contributed by atoms with Crippen molar-refractivity contribution in [3.63, 3.8) is 0 Å². The Hall–Kier alpha value is -1.55. The number of rotatable bonds is 4. The van der Waals surface area contributed by atoms with Crippen LogP contribution in [-0.4, -0.2) is 43.7 Å². The highest BCUT2D eigenvalue weighted by atomic mass is 16.5. The van der Waals surface area contributed by atoms with Crippen LogP contribution in [0.4, 0.5) is 0 Å². The fourth-order valence-electron chi connectivity index (χ4n) is 3.37. The first kappa shape index (κ1) is 14.4. The van der Waals surface area contributed by atoms with Crippen molar-refractivity contribution < 1.29 is 14.3 Å². The third-order valence-corrected chi connectivity index (χ3v) is 4.40. The van der Waals surface area contributed by atoms with Crippen LogP contribution in [-0.2, 0) is 9.53 Å². The highest BCUT2D eigenvalue weighted by Gasteiger charge is 2.31. The number of nitrogens with zero attached hydrogens (tertiary/aromatic N) is 1. The molecule has 4 heteroatoms. The average Bonchev–Trinajstić information content (AvgIpc) is 2.91. The summed E-state index contributed by atoms with van der Waals surface area (Å²) in [5, 5.41) is 0. The summed E-state index contributed by atoms with van der Waals surface area (Å²) < 4.78 is 10.9. The topological polar surface area (TPSA) is 38.8 Å². The van der Waals surface area contributed by atoms with Crippen molar-refractivity contribution in [3.8, 4) is 5.75 Å². The molecule has 1 aromatic carbocycles. The Morgan fingerprint density at radius 2 is 2.29 bits per heavy atom. The maximum absolute atomic E-state index is 11.9. The van der Waals surface area contributed by atoms with Gasteiger partial charge in [0.1, 0.15) is 5.75 Å². The lowest BCUT2D eigenvalue weighted by Gasteiger charge is -2.32. The lowest BCUT2D eigenvalue weighted by Crippen LogP contribution is -2.41. The van der Waals surface area contributed by atoms with Gasteiger partial charge in [-0.3, -0.25) is 4.79 Å². The Labute approximate surface area is 126 Å². The minimum Gasteiger partial charge on any atom is -0.493 e. The van der Waals surface area contributed by atoms with Crippen LogP contribution in [0.1, 0.15) is 31.2 Å². The zero-order valence-corrected chi connectivity index (χ0v) is 12.6. The molecule has 0 aliphatic carbocycles. The lowest BCUT2D eigenvalue weighted by molar-refractivity contribution is -0.149. The number of likely N-dealkylation sites (tertiary alicyclic amines) is 1. The number of hydrogen-bond acceptors (Lipinski definition) is 4. The maximum Gasteiger partial charge on any atom is 0.310 e. The first-order valence-electron chi connectivity index (χ1n) is 7.88. The summed E-state index contributed by atoms with van der Waals surface area (Å²) in [5.41, 5.74) is 1.30. The van der Waals surface area contributed by atoms with E-state index in [0.717, 1.165) is 44.8 Å². The average molecular weight is 289 g/mol. The van der Waals surface area contributed by atoms with Crippen LogP contribution in [0.15, 0.2) is 24.3 Å². The van der Waals surface area contributed by atoms with Crippen molar-refractivity contribution in [3.05, 3.63) is 29.8 Å². The van der Waals surface area contributed by atoms with Crippen molar-refractivity contribution in [2.45, 2.75) is 25.7 Å². The van der Waals surface area contributed by atoms with E-state index in [4.69, 9.17) is 9.47 Å². The second-order valence-electron chi connectivity index (χ2n) is 5.90. The molecule has 4 nitrogen and oxygen atoms in total. The van der Waals surface area contributed by atoms with E-state index in [-0.39, 0.29) is 11.9 Å². The summed E-state index contributed by atoms with van der Waals surface area (Å²) in [7, 11) is 0. The molecule has 0 aromatic heterocycles. The maximum atomic E-state index is 11.9. The number of para-hydroxylation sites is 1. The van der Waals surface area contributed by atoms with E-state index < -0.39 is 0 Å². The van der Waals surface area contributed by atoms with Crippen LogP contribution in [0.2, 0.25) is 0 Å². The van der Waals surface area contributed by atoms with Crippen molar-refractivity contribution in [1.82, 2.24) is 4.90 Å². The molecule has 1 aromatic rings. The molecule has 2 heterocycles. The van der Waals surface area contributed by atoms with E-state index >= 15 is 0 Å². The summed E-state index contributed by atoms with van der Waals surface area (Å²) >= 11 is 0. The van der Waals surface area contributed by atoms with Crippen LogP contribution in [0.3, 0.4) is 0 Å². The molecule has 0 bridgehead atoms. The van der Waals surface area contributed by atoms with E-state index in [1.165, 1.54) is 5.56 Å². The van der Waals surface area contributed by atoms with Crippen molar-refractivity contribution >= 4 is 5.97 Å². The first-order chi connectivity index (χ1) is 10.3. The number of piperidine rings is 1. The Bertz CT molecular complexity index is 503. The van der Waals surface area contributed by atoms with Crippen LogP contribution >= 0.6 is 0 Å². The van der Waals surface area contributed by atoms with Gasteiger partial charge in [0, 0.05) is 24.6 Å². The normalized spacial score (nSPS) is 25.2. The van der Waals surface area contributed by atoms with Crippen LogP contribution in [0.5, 0.6) is 5.75 Å². The molecule has 0 saturated carbocycles. The lowest BCUT2D eigenvalue weighted by atomic mass is 9.95. The molecule has 2 aliphatic heterocycles.